The number of fused-ring (bicyclic) bond motifs is 1. The van der Waals surface area contributed by atoms with Gasteiger partial charge in [0.05, 0.1) is 0 Å². The van der Waals surface area contributed by atoms with Crippen LogP contribution in [0.4, 0.5) is 0 Å². The number of aromatic nitrogens is 2. The van der Waals surface area contributed by atoms with E-state index in [0.717, 1.165) is 31.1 Å². The summed E-state index contributed by atoms with van der Waals surface area (Å²) in [5, 5.41) is 2.15. The largest absolute Gasteiger partial charge is 0.350 e. The Bertz CT molecular complexity index is 1160. The fraction of sp³-hybridized carbons (Fsp3) is 0.296. The Morgan fingerprint density at radius 1 is 1.00 bits per heavy atom. The molecule has 2 aromatic carbocycles. The Morgan fingerprint density at radius 2 is 1.81 bits per heavy atom. The highest BCUT2D eigenvalue weighted by Gasteiger charge is 2.23. The van der Waals surface area contributed by atoms with E-state index in [1.54, 1.807) is 0 Å². The maximum Gasteiger partial charge on any atom is 0.0481 e. The number of benzene rings is 2. The molecule has 1 saturated heterocycles. The van der Waals surface area contributed by atoms with Crippen molar-refractivity contribution in [1.29, 1.82) is 0 Å². The van der Waals surface area contributed by atoms with Crippen LogP contribution in [0.2, 0.25) is 5.02 Å². The topological polar surface area (TPSA) is 21.1 Å². The molecule has 0 unspecified atom stereocenters. The number of hydrogen-bond acceptors (Lipinski definition) is 2. The lowest BCUT2D eigenvalue weighted by Gasteiger charge is -2.32. The highest BCUT2D eigenvalue weighted by molar-refractivity contribution is 6.30. The standard InChI is InChI=1S/C27H28ClN3/c1-30-17-23(25-6-2-3-7-27(25)30)19-31-14-4-5-22(18-31)26-13-10-21(16-29-26)15-20-8-11-24(28)12-9-20/h2-3,6-13,16-17,22H,4-5,14-15,18-19H2,1H3/t22-/m1/s1. The first-order valence-electron chi connectivity index (χ1n) is 11.1. The fourth-order valence-electron chi connectivity index (χ4n) is 4.85. The van der Waals surface area contributed by atoms with Gasteiger partial charge in [0.2, 0.25) is 0 Å². The van der Waals surface area contributed by atoms with E-state index in [4.69, 9.17) is 16.6 Å². The Hall–Kier alpha value is -2.62. The molecule has 1 aliphatic rings. The summed E-state index contributed by atoms with van der Waals surface area (Å²) in [6, 6.07) is 21.2. The predicted molar refractivity (Wildman–Crippen MR) is 129 cm³/mol. The second-order valence-electron chi connectivity index (χ2n) is 8.75. The summed E-state index contributed by atoms with van der Waals surface area (Å²) in [4.78, 5) is 7.45. The molecule has 31 heavy (non-hydrogen) atoms. The normalized spacial score (nSPS) is 17.3. The van der Waals surface area contributed by atoms with E-state index < -0.39 is 0 Å². The monoisotopic (exact) mass is 429 g/mol. The number of piperidine rings is 1. The van der Waals surface area contributed by atoms with Gasteiger partial charge in [-0.2, -0.15) is 0 Å². The molecule has 0 amide bonds. The molecule has 1 fully saturated rings. The van der Waals surface area contributed by atoms with Gasteiger partial charge in [-0.05, 0) is 66.8 Å². The third-order valence-electron chi connectivity index (χ3n) is 6.47. The maximum atomic E-state index is 6.00. The summed E-state index contributed by atoms with van der Waals surface area (Å²) in [7, 11) is 2.14. The second kappa shape index (κ2) is 8.86. The third kappa shape index (κ3) is 4.53. The summed E-state index contributed by atoms with van der Waals surface area (Å²) in [6.45, 7) is 3.24. The minimum Gasteiger partial charge on any atom is -0.350 e. The molecule has 0 spiro atoms. The Labute approximate surface area is 189 Å². The van der Waals surface area contributed by atoms with Gasteiger partial charge in [0.15, 0.2) is 0 Å². The second-order valence-corrected chi connectivity index (χ2v) is 9.19. The molecule has 158 valence electrons. The SMILES string of the molecule is Cn1cc(CN2CCC[C@@H](c3ccc(Cc4ccc(Cl)cc4)cn3)C2)c2ccccc21. The number of nitrogens with zero attached hydrogens (tertiary/aromatic N) is 3. The number of rotatable bonds is 5. The van der Waals surface area contributed by atoms with Crippen molar-refractivity contribution in [1.82, 2.24) is 14.5 Å². The highest BCUT2D eigenvalue weighted by Crippen LogP contribution is 2.29. The van der Waals surface area contributed by atoms with Crippen LogP contribution in [0.25, 0.3) is 10.9 Å². The molecule has 0 N–H and O–H groups in total. The molecule has 0 saturated carbocycles. The summed E-state index contributed by atoms with van der Waals surface area (Å²) >= 11 is 6.00. The van der Waals surface area contributed by atoms with Gasteiger partial charge in [-0.1, -0.05) is 48.0 Å². The van der Waals surface area contributed by atoms with Crippen molar-refractivity contribution in [2.24, 2.45) is 7.05 Å². The smallest absolute Gasteiger partial charge is 0.0481 e. The van der Waals surface area contributed by atoms with E-state index in [1.165, 1.54) is 46.1 Å². The van der Waals surface area contributed by atoms with Crippen molar-refractivity contribution in [3.63, 3.8) is 0 Å². The first-order chi connectivity index (χ1) is 15.2. The van der Waals surface area contributed by atoms with E-state index in [0.29, 0.717) is 5.92 Å². The van der Waals surface area contributed by atoms with Crippen LogP contribution in [0.5, 0.6) is 0 Å². The average molecular weight is 430 g/mol. The minimum absolute atomic E-state index is 0.508. The van der Waals surface area contributed by atoms with Gasteiger partial charge in [-0.3, -0.25) is 9.88 Å². The molecule has 1 aliphatic heterocycles. The quantitative estimate of drug-likeness (QED) is 0.376. The van der Waals surface area contributed by atoms with Crippen molar-refractivity contribution < 1.29 is 0 Å². The van der Waals surface area contributed by atoms with Crippen molar-refractivity contribution in [3.05, 3.63) is 100 Å². The van der Waals surface area contributed by atoms with Gasteiger partial charge in [0, 0.05) is 60.1 Å². The van der Waals surface area contributed by atoms with Crippen LogP contribution in [0.3, 0.4) is 0 Å². The minimum atomic E-state index is 0.508. The van der Waals surface area contributed by atoms with Crippen molar-refractivity contribution in [2.75, 3.05) is 13.1 Å². The Kier molecular flexibility index (Phi) is 5.80. The van der Waals surface area contributed by atoms with Gasteiger partial charge in [-0.15, -0.1) is 0 Å². The zero-order chi connectivity index (χ0) is 21.2. The van der Waals surface area contributed by atoms with E-state index >= 15 is 0 Å². The number of aryl methyl sites for hydroxylation is 1. The van der Waals surface area contributed by atoms with E-state index in [-0.39, 0.29) is 0 Å². The molecule has 0 aliphatic carbocycles. The molecule has 0 radical (unpaired) electrons. The molecular weight excluding hydrogens is 402 g/mol. The molecule has 2 aromatic heterocycles. The zero-order valence-corrected chi connectivity index (χ0v) is 18.7. The maximum absolute atomic E-state index is 6.00. The van der Waals surface area contributed by atoms with Crippen LogP contribution in [0.15, 0.2) is 73.1 Å². The van der Waals surface area contributed by atoms with Crippen LogP contribution in [-0.4, -0.2) is 27.5 Å². The Morgan fingerprint density at radius 3 is 2.61 bits per heavy atom. The van der Waals surface area contributed by atoms with Gasteiger partial charge in [0.1, 0.15) is 0 Å². The Balaban J connectivity index is 1.26. The number of para-hydroxylation sites is 1. The van der Waals surface area contributed by atoms with Crippen LogP contribution in [-0.2, 0) is 20.0 Å². The fourth-order valence-corrected chi connectivity index (χ4v) is 4.98. The lowest BCUT2D eigenvalue weighted by atomic mass is 9.93. The lowest BCUT2D eigenvalue weighted by molar-refractivity contribution is 0.199. The average Bonchev–Trinajstić information content (AvgIpc) is 3.11. The van der Waals surface area contributed by atoms with Crippen molar-refractivity contribution in [3.8, 4) is 0 Å². The number of hydrogen-bond donors (Lipinski definition) is 0. The van der Waals surface area contributed by atoms with Gasteiger partial charge in [-0.25, -0.2) is 0 Å². The highest BCUT2D eigenvalue weighted by atomic mass is 35.5. The summed E-state index contributed by atoms with van der Waals surface area (Å²) in [5.74, 6) is 0.508. The van der Waals surface area contributed by atoms with Crippen LogP contribution in [0.1, 0.15) is 41.1 Å². The lowest BCUT2D eigenvalue weighted by Crippen LogP contribution is -2.34. The van der Waals surface area contributed by atoms with Gasteiger partial charge in [0.25, 0.3) is 0 Å². The number of likely N-dealkylation sites (tertiary alicyclic amines) is 1. The molecule has 4 heteroatoms. The van der Waals surface area contributed by atoms with E-state index in [2.05, 4.69) is 71.2 Å². The van der Waals surface area contributed by atoms with Crippen molar-refractivity contribution >= 4 is 22.5 Å². The first kappa shape index (κ1) is 20.3. The summed E-state index contributed by atoms with van der Waals surface area (Å²) < 4.78 is 2.24. The third-order valence-corrected chi connectivity index (χ3v) is 6.72. The first-order valence-corrected chi connectivity index (χ1v) is 11.5. The van der Waals surface area contributed by atoms with Crippen LogP contribution >= 0.6 is 11.6 Å². The molecule has 3 nitrogen and oxygen atoms in total. The number of pyridine rings is 1. The molecule has 1 atom stereocenters. The molecule has 5 rings (SSSR count). The van der Waals surface area contributed by atoms with Crippen LogP contribution < -0.4 is 0 Å². The van der Waals surface area contributed by atoms with Gasteiger partial charge >= 0.3 is 0 Å². The molecular formula is C27H28ClN3. The summed E-state index contributed by atoms with van der Waals surface area (Å²) in [5.41, 5.74) is 6.46. The van der Waals surface area contributed by atoms with E-state index in [9.17, 15) is 0 Å². The van der Waals surface area contributed by atoms with Crippen molar-refractivity contribution in [2.45, 2.75) is 31.7 Å². The number of halogens is 1. The van der Waals surface area contributed by atoms with Gasteiger partial charge < -0.3 is 4.57 Å². The summed E-state index contributed by atoms with van der Waals surface area (Å²) in [6.07, 6.45) is 7.67. The molecule has 4 aromatic rings. The van der Waals surface area contributed by atoms with Crippen LogP contribution in [0, 0.1) is 0 Å². The molecule has 3 heterocycles. The molecule has 0 bridgehead atoms. The van der Waals surface area contributed by atoms with E-state index in [1.807, 2.05) is 18.3 Å². The zero-order valence-electron chi connectivity index (χ0n) is 18.0. The predicted octanol–water partition coefficient (Wildman–Crippen LogP) is 6.20.